The number of carbonyl (C=O) groups excluding carboxylic acids is 2. The second kappa shape index (κ2) is 11.0. The van der Waals surface area contributed by atoms with Crippen molar-refractivity contribution < 1.29 is 9.59 Å². The number of nitrogens with one attached hydrogen (secondary N) is 1. The molecule has 0 radical (unpaired) electrons. The van der Waals surface area contributed by atoms with Gasteiger partial charge in [-0.15, -0.1) is 0 Å². The minimum Gasteiger partial charge on any atom is -0.356 e. The van der Waals surface area contributed by atoms with Gasteiger partial charge in [0.05, 0.1) is 13.1 Å². The third kappa shape index (κ3) is 8.01. The summed E-state index contributed by atoms with van der Waals surface area (Å²) in [7, 11) is 1.76. The molecule has 2 amide bonds. The Morgan fingerprint density at radius 3 is 2.64 bits per heavy atom. The second-order valence-electron chi connectivity index (χ2n) is 5.58. The molecule has 22 heavy (non-hydrogen) atoms. The van der Waals surface area contributed by atoms with Gasteiger partial charge in [0, 0.05) is 33.0 Å². The Bertz CT molecular complexity index is 408. The zero-order valence-corrected chi connectivity index (χ0v) is 13.6. The van der Waals surface area contributed by atoms with E-state index >= 15 is 0 Å². The van der Waals surface area contributed by atoms with E-state index in [1.165, 1.54) is 12.8 Å². The van der Waals surface area contributed by atoms with E-state index in [2.05, 4.69) is 22.1 Å². The lowest BCUT2D eigenvalue weighted by Crippen LogP contribution is -2.30. The lowest BCUT2D eigenvalue weighted by atomic mass is 10.2. The van der Waals surface area contributed by atoms with Crippen LogP contribution < -0.4 is 11.1 Å². The third-order valence-electron chi connectivity index (χ3n) is 3.63. The monoisotopic (exact) mass is 308 g/mol. The number of hydrogen-bond acceptors (Lipinski definition) is 4. The normalized spacial score (nSPS) is 14.3. The zero-order chi connectivity index (χ0) is 16.2. The highest BCUT2D eigenvalue weighted by Crippen LogP contribution is 2.05. The van der Waals surface area contributed by atoms with Gasteiger partial charge in [0.25, 0.3) is 0 Å². The number of carbonyl (C=O) groups is 2. The maximum atomic E-state index is 11.9. The zero-order valence-electron chi connectivity index (χ0n) is 13.6. The summed E-state index contributed by atoms with van der Waals surface area (Å²) in [6.45, 7) is 4.41. The minimum absolute atomic E-state index is 0.0588. The molecule has 1 fully saturated rings. The van der Waals surface area contributed by atoms with Crippen molar-refractivity contribution in [2.75, 3.05) is 46.3 Å². The molecule has 0 atom stereocenters. The molecule has 0 saturated carbocycles. The van der Waals surface area contributed by atoms with Crippen LogP contribution in [0.5, 0.6) is 0 Å². The number of rotatable bonds is 8. The van der Waals surface area contributed by atoms with Crippen LogP contribution in [0.2, 0.25) is 0 Å². The topological polar surface area (TPSA) is 78.7 Å². The van der Waals surface area contributed by atoms with Crippen LogP contribution in [0.25, 0.3) is 0 Å². The highest BCUT2D eigenvalue weighted by molar-refractivity contribution is 5.77. The van der Waals surface area contributed by atoms with Crippen LogP contribution in [-0.2, 0) is 9.59 Å². The van der Waals surface area contributed by atoms with Gasteiger partial charge in [0.1, 0.15) is 0 Å². The molecule has 6 heteroatoms. The van der Waals surface area contributed by atoms with E-state index in [0.717, 1.165) is 19.6 Å². The van der Waals surface area contributed by atoms with Gasteiger partial charge >= 0.3 is 0 Å². The summed E-state index contributed by atoms with van der Waals surface area (Å²) in [6.07, 6.45) is 3.93. The smallest absolute Gasteiger partial charge is 0.223 e. The number of hydrogen-bond donors (Lipinski definition) is 2. The second-order valence-corrected chi connectivity index (χ2v) is 5.58. The summed E-state index contributed by atoms with van der Waals surface area (Å²) in [5.74, 6) is 6.17. The van der Waals surface area contributed by atoms with Gasteiger partial charge in [-0.25, -0.2) is 0 Å². The lowest BCUT2D eigenvalue weighted by Gasteiger charge is -2.14. The molecule has 1 rings (SSSR count). The van der Waals surface area contributed by atoms with Gasteiger partial charge in [0.2, 0.25) is 11.8 Å². The minimum atomic E-state index is -0.0592. The third-order valence-corrected chi connectivity index (χ3v) is 3.63. The molecule has 6 nitrogen and oxygen atoms in total. The van der Waals surface area contributed by atoms with E-state index in [1.54, 1.807) is 11.9 Å². The van der Waals surface area contributed by atoms with E-state index in [-0.39, 0.29) is 11.8 Å². The molecule has 0 unspecified atom stereocenters. The molecule has 0 aromatic carbocycles. The van der Waals surface area contributed by atoms with Crippen molar-refractivity contribution in [1.82, 2.24) is 15.1 Å². The molecule has 124 valence electrons. The molecule has 0 aromatic rings. The molecule has 1 saturated heterocycles. The average molecular weight is 308 g/mol. The first kappa shape index (κ1) is 18.5. The summed E-state index contributed by atoms with van der Waals surface area (Å²) in [5.41, 5.74) is 5.28. The van der Waals surface area contributed by atoms with Crippen molar-refractivity contribution >= 4 is 11.8 Å². The largest absolute Gasteiger partial charge is 0.356 e. The summed E-state index contributed by atoms with van der Waals surface area (Å²) < 4.78 is 0. The Labute approximate surface area is 133 Å². The standard InChI is InChI=1S/C16H28N4O2/c1-19(11-2-3-12-20-13-4-5-14-20)16(22)7-6-10-18-15(21)8-9-17/h4-14,17H2,1H3,(H,18,21). The van der Waals surface area contributed by atoms with E-state index in [4.69, 9.17) is 5.73 Å². The molecule has 3 N–H and O–H groups in total. The quantitative estimate of drug-likeness (QED) is 0.480. The van der Waals surface area contributed by atoms with Gasteiger partial charge in [-0.3, -0.25) is 14.5 Å². The Balaban J connectivity index is 2.08. The van der Waals surface area contributed by atoms with Crippen LogP contribution in [0, 0.1) is 11.8 Å². The molecule has 0 bridgehead atoms. The molecule has 0 aromatic heterocycles. The summed E-state index contributed by atoms with van der Waals surface area (Å²) in [4.78, 5) is 27.0. The first-order valence-electron chi connectivity index (χ1n) is 8.02. The van der Waals surface area contributed by atoms with Gasteiger partial charge < -0.3 is 16.0 Å². The fourth-order valence-electron chi connectivity index (χ4n) is 2.25. The summed E-state index contributed by atoms with van der Waals surface area (Å²) >= 11 is 0. The number of nitrogens with zero attached hydrogens (tertiary/aromatic N) is 2. The van der Waals surface area contributed by atoms with Crippen LogP contribution in [0.4, 0.5) is 0 Å². The van der Waals surface area contributed by atoms with Gasteiger partial charge in [-0.2, -0.15) is 0 Å². The summed E-state index contributed by atoms with van der Waals surface area (Å²) in [5, 5.41) is 2.74. The maximum Gasteiger partial charge on any atom is 0.223 e. The molecule has 1 heterocycles. The lowest BCUT2D eigenvalue weighted by molar-refractivity contribution is -0.129. The van der Waals surface area contributed by atoms with Crippen LogP contribution in [0.3, 0.4) is 0 Å². The highest BCUT2D eigenvalue weighted by Gasteiger charge is 2.09. The van der Waals surface area contributed by atoms with Crippen molar-refractivity contribution in [3.05, 3.63) is 0 Å². The first-order chi connectivity index (χ1) is 10.6. The van der Waals surface area contributed by atoms with E-state index < -0.39 is 0 Å². The Kier molecular flexibility index (Phi) is 9.28. The maximum absolute atomic E-state index is 11.9. The van der Waals surface area contributed by atoms with E-state index in [0.29, 0.717) is 38.9 Å². The van der Waals surface area contributed by atoms with Crippen molar-refractivity contribution in [3.8, 4) is 11.8 Å². The summed E-state index contributed by atoms with van der Waals surface area (Å²) in [6, 6.07) is 0. The van der Waals surface area contributed by atoms with Crippen molar-refractivity contribution in [3.63, 3.8) is 0 Å². The number of likely N-dealkylation sites (tertiary alicyclic amines) is 1. The van der Waals surface area contributed by atoms with Crippen LogP contribution >= 0.6 is 0 Å². The molecule has 0 spiro atoms. The van der Waals surface area contributed by atoms with Gasteiger partial charge in [-0.05, 0) is 32.4 Å². The van der Waals surface area contributed by atoms with E-state index in [1.807, 2.05) is 0 Å². The predicted molar refractivity (Wildman–Crippen MR) is 87.0 cm³/mol. The first-order valence-corrected chi connectivity index (χ1v) is 8.02. The van der Waals surface area contributed by atoms with Crippen LogP contribution in [0.1, 0.15) is 32.1 Å². The number of nitrogens with two attached hydrogens (primary N) is 1. The van der Waals surface area contributed by atoms with Gasteiger partial charge in [-0.1, -0.05) is 11.8 Å². The van der Waals surface area contributed by atoms with E-state index in [9.17, 15) is 9.59 Å². The van der Waals surface area contributed by atoms with Crippen LogP contribution in [-0.4, -0.2) is 67.9 Å². The fourth-order valence-corrected chi connectivity index (χ4v) is 2.25. The SMILES string of the molecule is CN(CC#CCN1CCCC1)C(=O)CCCNC(=O)CCN. The Morgan fingerprint density at radius 2 is 1.95 bits per heavy atom. The molecule has 1 aliphatic heterocycles. The fraction of sp³-hybridized carbons (Fsp3) is 0.750. The molecular formula is C16H28N4O2. The molecule has 0 aliphatic carbocycles. The Morgan fingerprint density at radius 1 is 1.23 bits per heavy atom. The molecule has 1 aliphatic rings. The van der Waals surface area contributed by atoms with Crippen molar-refractivity contribution in [2.45, 2.75) is 32.1 Å². The van der Waals surface area contributed by atoms with Crippen molar-refractivity contribution in [2.24, 2.45) is 5.73 Å². The van der Waals surface area contributed by atoms with Gasteiger partial charge in [0.15, 0.2) is 0 Å². The molecular weight excluding hydrogens is 280 g/mol. The average Bonchev–Trinajstić information content (AvgIpc) is 3.01. The van der Waals surface area contributed by atoms with Crippen LogP contribution in [0.15, 0.2) is 0 Å². The predicted octanol–water partition coefficient (Wildman–Crippen LogP) is -0.211. The Hall–Kier alpha value is -1.58. The highest BCUT2D eigenvalue weighted by atomic mass is 16.2. The number of amides is 2. The van der Waals surface area contributed by atoms with Crippen molar-refractivity contribution in [1.29, 1.82) is 0 Å².